The molecule has 2 aromatic rings. The number of nitrogens with two attached hydrogens (primary N) is 1. The molecule has 5 rings (SSSR count). The lowest BCUT2D eigenvalue weighted by Crippen LogP contribution is -2.48. The van der Waals surface area contributed by atoms with Gasteiger partial charge in [-0.25, -0.2) is 4.98 Å². The number of nitrogens with one attached hydrogen (secondary N) is 1. The molecule has 6 atom stereocenters. The summed E-state index contributed by atoms with van der Waals surface area (Å²) < 4.78 is 11.7. The van der Waals surface area contributed by atoms with Crippen LogP contribution in [0.2, 0.25) is 0 Å². The maximum Gasteiger partial charge on any atom is 0.256 e. The van der Waals surface area contributed by atoms with Crippen LogP contribution in [0.4, 0.5) is 0 Å². The average Bonchev–Trinajstić information content (AvgIpc) is 3.64. The number of rotatable bonds is 7. The molecular weight excluding hydrogens is 498 g/mol. The van der Waals surface area contributed by atoms with Crippen molar-refractivity contribution in [3.8, 4) is 5.75 Å². The highest BCUT2D eigenvalue weighted by atomic mass is 32.1. The molecule has 2 amide bonds. The van der Waals surface area contributed by atoms with E-state index in [2.05, 4.69) is 24.1 Å². The van der Waals surface area contributed by atoms with Crippen LogP contribution in [0.5, 0.6) is 5.75 Å². The first kappa shape index (κ1) is 30.4. The number of ether oxygens (including phenoxy) is 2. The quantitative estimate of drug-likeness (QED) is 0.436. The molecule has 0 spiro atoms. The normalized spacial score (nSPS) is 27.6. The molecule has 0 radical (unpaired) electrons. The number of fused-ring (bicyclic) bond motifs is 3. The second-order valence-electron chi connectivity index (χ2n) is 10.6. The number of primary amides is 1. The summed E-state index contributed by atoms with van der Waals surface area (Å²) in [6.07, 6.45) is 8.37. The number of hydrogen-bond acceptors (Lipinski definition) is 6. The van der Waals surface area contributed by atoms with Crippen LogP contribution in [-0.4, -0.2) is 43.2 Å². The Labute approximate surface area is 232 Å². The van der Waals surface area contributed by atoms with Crippen LogP contribution in [0.15, 0.2) is 12.1 Å². The van der Waals surface area contributed by atoms with E-state index in [1.807, 2.05) is 26.8 Å². The Kier molecular flexibility index (Phi) is 11.4. The van der Waals surface area contributed by atoms with Crippen LogP contribution < -0.4 is 15.8 Å². The molecule has 1 aromatic heterocycles. The number of carbonyl (C=O) groups is 2. The minimum Gasteiger partial charge on any atom is -0.496 e. The van der Waals surface area contributed by atoms with E-state index < -0.39 is 0 Å². The molecule has 3 aliphatic rings. The van der Waals surface area contributed by atoms with Gasteiger partial charge in [0.2, 0.25) is 5.91 Å². The number of aromatic nitrogens is 1. The number of nitrogens with zero attached hydrogens (tertiary/aromatic N) is 1. The SMILES string of the molecule is CC.CCCC1CCOCC1CC.COc1ccc2nc(C)sc2c1C(=O)NC1C2CC[C@H](C2)C1C(N)=O. The Bertz CT molecular complexity index is 1070. The zero-order chi connectivity index (χ0) is 27.8. The van der Waals surface area contributed by atoms with Gasteiger partial charge in [0.25, 0.3) is 5.91 Å². The Hall–Kier alpha value is -2.19. The monoisotopic (exact) mass is 545 g/mol. The standard InChI is InChI=1S/C18H21N3O3S.C10H20O.C2H6/c1-8-20-11-5-6-12(24-2)14(16(11)25-8)18(23)21-15-10-4-3-9(7-10)13(15)17(19)22;1-3-5-10-6-7-11-8-9(10)4-2;1-2/h5-6,9-10,13,15H,3-4,7H2,1-2H3,(H2,19,22)(H,21,23);9-10H,3-8H2,1-2H3;1-2H3/t9-,10?,13?,15?;;/m1../s1. The van der Waals surface area contributed by atoms with E-state index >= 15 is 0 Å². The van der Waals surface area contributed by atoms with Gasteiger partial charge in [-0.2, -0.15) is 0 Å². The van der Waals surface area contributed by atoms with Crippen molar-refractivity contribution in [2.24, 2.45) is 35.3 Å². The predicted octanol–water partition coefficient (Wildman–Crippen LogP) is 6.12. The summed E-state index contributed by atoms with van der Waals surface area (Å²) >= 11 is 1.47. The third-order valence-electron chi connectivity index (χ3n) is 8.43. The molecule has 38 heavy (non-hydrogen) atoms. The molecule has 212 valence electrons. The van der Waals surface area contributed by atoms with Crippen molar-refractivity contribution in [1.82, 2.24) is 10.3 Å². The van der Waals surface area contributed by atoms with Crippen molar-refractivity contribution < 1.29 is 19.1 Å². The van der Waals surface area contributed by atoms with Crippen LogP contribution in [0.25, 0.3) is 10.2 Å². The third kappa shape index (κ3) is 6.68. The van der Waals surface area contributed by atoms with Crippen LogP contribution >= 0.6 is 11.3 Å². The zero-order valence-corrected chi connectivity index (χ0v) is 24.9. The van der Waals surface area contributed by atoms with E-state index in [0.29, 0.717) is 23.1 Å². The summed E-state index contributed by atoms with van der Waals surface area (Å²) in [6.45, 7) is 12.5. The molecule has 2 heterocycles. The van der Waals surface area contributed by atoms with Gasteiger partial charge < -0.3 is 20.5 Å². The van der Waals surface area contributed by atoms with Crippen LogP contribution in [0, 0.1) is 36.5 Å². The van der Waals surface area contributed by atoms with Crippen LogP contribution in [-0.2, 0) is 9.53 Å². The molecular formula is C30H47N3O4S. The summed E-state index contributed by atoms with van der Waals surface area (Å²) in [5.41, 5.74) is 6.90. The smallest absolute Gasteiger partial charge is 0.256 e. The highest BCUT2D eigenvalue weighted by Crippen LogP contribution is 2.48. The number of carbonyl (C=O) groups excluding carboxylic acids is 2. The second-order valence-corrected chi connectivity index (χ2v) is 11.8. The van der Waals surface area contributed by atoms with Gasteiger partial charge in [-0.3, -0.25) is 9.59 Å². The number of thiazole rings is 1. The summed E-state index contributed by atoms with van der Waals surface area (Å²) in [5.74, 6) is 2.17. The van der Waals surface area contributed by atoms with Crippen molar-refractivity contribution in [1.29, 1.82) is 0 Å². The average molecular weight is 546 g/mol. The van der Waals surface area contributed by atoms with Gasteiger partial charge in [-0.05, 0) is 68.4 Å². The molecule has 5 unspecified atom stereocenters. The Balaban J connectivity index is 0.000000259. The first-order valence-electron chi connectivity index (χ1n) is 14.5. The number of amides is 2. The predicted molar refractivity (Wildman–Crippen MR) is 155 cm³/mol. The second kappa shape index (κ2) is 14.3. The molecule has 2 bridgehead atoms. The van der Waals surface area contributed by atoms with E-state index in [0.717, 1.165) is 59.5 Å². The van der Waals surface area contributed by atoms with E-state index in [-0.39, 0.29) is 23.8 Å². The largest absolute Gasteiger partial charge is 0.496 e. The molecule has 8 heteroatoms. The van der Waals surface area contributed by atoms with Gasteiger partial charge in [0, 0.05) is 19.3 Å². The van der Waals surface area contributed by atoms with Gasteiger partial charge >= 0.3 is 0 Å². The number of hydrogen-bond donors (Lipinski definition) is 2. The fraction of sp³-hybridized carbons (Fsp3) is 0.700. The minimum atomic E-state index is -0.309. The van der Waals surface area contributed by atoms with Crippen molar-refractivity contribution in [2.45, 2.75) is 85.6 Å². The molecule has 1 saturated heterocycles. The first-order chi connectivity index (χ1) is 18.4. The van der Waals surface area contributed by atoms with Crippen molar-refractivity contribution in [3.63, 3.8) is 0 Å². The molecule has 3 N–H and O–H groups in total. The maximum absolute atomic E-state index is 13.1. The first-order valence-corrected chi connectivity index (χ1v) is 15.3. The van der Waals surface area contributed by atoms with Gasteiger partial charge in [-0.1, -0.05) is 47.0 Å². The van der Waals surface area contributed by atoms with Gasteiger partial charge in [0.1, 0.15) is 11.3 Å². The van der Waals surface area contributed by atoms with Crippen molar-refractivity contribution >= 4 is 33.4 Å². The fourth-order valence-corrected chi connectivity index (χ4v) is 7.60. The lowest BCUT2D eigenvalue weighted by atomic mass is 9.83. The molecule has 1 aromatic carbocycles. The van der Waals surface area contributed by atoms with E-state index in [1.165, 1.54) is 37.0 Å². The van der Waals surface area contributed by atoms with E-state index in [4.69, 9.17) is 15.2 Å². The Morgan fingerprint density at radius 1 is 1.16 bits per heavy atom. The molecule has 2 aliphatic carbocycles. The highest BCUT2D eigenvalue weighted by molar-refractivity contribution is 7.19. The molecule has 3 fully saturated rings. The summed E-state index contributed by atoms with van der Waals surface area (Å²) in [6, 6.07) is 3.44. The maximum atomic E-state index is 13.1. The van der Waals surface area contributed by atoms with Gasteiger partial charge in [0.05, 0.1) is 28.3 Å². The van der Waals surface area contributed by atoms with E-state index in [1.54, 1.807) is 13.2 Å². The van der Waals surface area contributed by atoms with Crippen molar-refractivity contribution in [2.75, 3.05) is 20.3 Å². The lowest BCUT2D eigenvalue weighted by Gasteiger charge is -2.30. The molecule has 7 nitrogen and oxygen atoms in total. The number of benzene rings is 1. The fourth-order valence-electron chi connectivity index (χ4n) is 6.65. The Morgan fingerprint density at radius 2 is 1.89 bits per heavy atom. The Morgan fingerprint density at radius 3 is 2.55 bits per heavy atom. The van der Waals surface area contributed by atoms with Crippen LogP contribution in [0.1, 0.15) is 88.0 Å². The van der Waals surface area contributed by atoms with E-state index in [9.17, 15) is 9.59 Å². The van der Waals surface area contributed by atoms with Crippen molar-refractivity contribution in [3.05, 3.63) is 22.7 Å². The number of methoxy groups -OCH3 is 1. The number of aryl methyl sites for hydroxylation is 1. The van der Waals surface area contributed by atoms with Crippen LogP contribution in [0.3, 0.4) is 0 Å². The van der Waals surface area contributed by atoms with Gasteiger partial charge in [0.15, 0.2) is 0 Å². The highest BCUT2D eigenvalue weighted by Gasteiger charge is 2.50. The zero-order valence-electron chi connectivity index (χ0n) is 24.0. The third-order valence-corrected chi connectivity index (χ3v) is 9.44. The lowest BCUT2D eigenvalue weighted by molar-refractivity contribution is -0.124. The molecule has 1 aliphatic heterocycles. The topological polar surface area (TPSA) is 104 Å². The summed E-state index contributed by atoms with van der Waals surface area (Å²) in [7, 11) is 1.55. The summed E-state index contributed by atoms with van der Waals surface area (Å²) in [5, 5.41) is 3.99. The summed E-state index contributed by atoms with van der Waals surface area (Å²) in [4.78, 5) is 29.4. The molecule has 2 saturated carbocycles. The minimum absolute atomic E-state index is 0.183. The van der Waals surface area contributed by atoms with Gasteiger partial charge in [-0.15, -0.1) is 11.3 Å².